The first-order valence-corrected chi connectivity index (χ1v) is 6.78. The topological polar surface area (TPSA) is 83.3 Å². The number of aromatic nitrogens is 3. The van der Waals surface area contributed by atoms with Gasteiger partial charge in [0.1, 0.15) is 5.82 Å². The van der Waals surface area contributed by atoms with Crippen LogP contribution in [0.4, 0.5) is 0 Å². The van der Waals surface area contributed by atoms with Crippen molar-refractivity contribution in [2.75, 3.05) is 13.7 Å². The molecule has 0 aliphatic rings. The molecule has 1 heterocycles. The van der Waals surface area contributed by atoms with Crippen molar-refractivity contribution in [3.63, 3.8) is 0 Å². The van der Waals surface area contributed by atoms with Crippen LogP contribution in [0.3, 0.4) is 0 Å². The minimum absolute atomic E-state index is 0.0685. The summed E-state index contributed by atoms with van der Waals surface area (Å²) in [4.78, 5) is 27.8. The molecule has 2 rings (SSSR count). The number of benzene rings is 1. The average Bonchev–Trinajstić information content (AvgIpc) is 2.89. The van der Waals surface area contributed by atoms with Crippen LogP contribution in [0.1, 0.15) is 39.3 Å². The van der Waals surface area contributed by atoms with Crippen molar-refractivity contribution < 1.29 is 19.1 Å². The smallest absolute Gasteiger partial charge is 0.376 e. The highest BCUT2D eigenvalue weighted by atomic mass is 16.5. The summed E-state index contributed by atoms with van der Waals surface area (Å²) in [6.07, 6.45) is 0. The number of carbonyl (C=O) groups excluding carboxylic acids is 2. The van der Waals surface area contributed by atoms with Crippen LogP contribution in [0.25, 0.3) is 5.69 Å². The summed E-state index contributed by atoms with van der Waals surface area (Å²) >= 11 is 0. The molecule has 22 heavy (non-hydrogen) atoms. The fourth-order valence-corrected chi connectivity index (χ4v) is 1.99. The molecule has 7 heteroatoms. The van der Waals surface area contributed by atoms with Gasteiger partial charge in [-0.2, -0.15) is 5.10 Å². The van der Waals surface area contributed by atoms with Crippen LogP contribution in [0.5, 0.6) is 0 Å². The molecule has 2 aromatic rings. The quantitative estimate of drug-likeness (QED) is 0.801. The summed E-state index contributed by atoms with van der Waals surface area (Å²) in [6.45, 7) is 5.43. The van der Waals surface area contributed by atoms with Gasteiger partial charge in [0, 0.05) is 0 Å². The molecule has 0 radical (unpaired) electrons. The number of hydrogen-bond acceptors (Lipinski definition) is 6. The van der Waals surface area contributed by atoms with Gasteiger partial charge in [0.15, 0.2) is 0 Å². The number of methoxy groups -OCH3 is 1. The Hall–Kier alpha value is -2.70. The Kier molecular flexibility index (Phi) is 4.55. The summed E-state index contributed by atoms with van der Waals surface area (Å²) < 4.78 is 11.1. The van der Waals surface area contributed by atoms with Crippen molar-refractivity contribution in [3.8, 4) is 5.69 Å². The normalized spacial score (nSPS) is 10.4. The predicted octanol–water partition coefficient (Wildman–Crippen LogP) is 1.85. The third kappa shape index (κ3) is 2.98. The maximum absolute atomic E-state index is 12.0. The zero-order valence-electron chi connectivity index (χ0n) is 12.9. The number of carbonyl (C=O) groups is 2. The average molecular weight is 303 g/mol. The Balaban J connectivity index is 2.53. The Morgan fingerprint density at radius 2 is 1.95 bits per heavy atom. The van der Waals surface area contributed by atoms with Crippen LogP contribution in [0, 0.1) is 13.8 Å². The molecule has 1 aromatic carbocycles. The first kappa shape index (κ1) is 15.7. The lowest BCUT2D eigenvalue weighted by Gasteiger charge is -2.09. The van der Waals surface area contributed by atoms with Crippen molar-refractivity contribution in [1.29, 1.82) is 0 Å². The van der Waals surface area contributed by atoms with Crippen molar-refractivity contribution in [2.24, 2.45) is 0 Å². The van der Waals surface area contributed by atoms with Crippen molar-refractivity contribution in [1.82, 2.24) is 14.8 Å². The molecule has 7 nitrogen and oxygen atoms in total. The van der Waals surface area contributed by atoms with E-state index in [1.807, 2.05) is 0 Å². The van der Waals surface area contributed by atoms with Crippen LogP contribution in [-0.2, 0) is 9.47 Å². The van der Waals surface area contributed by atoms with Gasteiger partial charge in [0.2, 0.25) is 5.82 Å². The molecule has 0 bridgehead atoms. The molecule has 0 N–H and O–H groups in total. The maximum Gasteiger partial charge on any atom is 0.376 e. The van der Waals surface area contributed by atoms with Crippen molar-refractivity contribution >= 4 is 11.9 Å². The number of hydrogen-bond donors (Lipinski definition) is 0. The highest BCUT2D eigenvalue weighted by molar-refractivity contribution is 5.92. The maximum atomic E-state index is 12.0. The van der Waals surface area contributed by atoms with Crippen LogP contribution in [0.2, 0.25) is 0 Å². The zero-order valence-corrected chi connectivity index (χ0v) is 12.9. The standard InChI is InChI=1S/C15H17N3O4/c1-5-22-15(20)13-16-10(3)17-18(13)11-7-6-9(2)12(8-11)14(19)21-4/h6-8H,5H2,1-4H3. The molecule has 0 saturated heterocycles. The molecule has 0 fully saturated rings. The van der Waals surface area contributed by atoms with E-state index < -0.39 is 11.9 Å². The Morgan fingerprint density at radius 3 is 2.59 bits per heavy atom. The molecule has 1 aromatic heterocycles. The van der Waals surface area contributed by atoms with Crippen LogP contribution >= 0.6 is 0 Å². The van der Waals surface area contributed by atoms with E-state index in [4.69, 9.17) is 9.47 Å². The molecule has 0 amide bonds. The Labute approximate surface area is 127 Å². The minimum Gasteiger partial charge on any atom is -0.465 e. The molecular formula is C15H17N3O4. The van der Waals surface area contributed by atoms with Gasteiger partial charge < -0.3 is 9.47 Å². The van der Waals surface area contributed by atoms with Gasteiger partial charge in [-0.1, -0.05) is 6.07 Å². The second-order valence-corrected chi connectivity index (χ2v) is 4.61. The van der Waals surface area contributed by atoms with Gasteiger partial charge in [-0.25, -0.2) is 19.3 Å². The number of esters is 2. The summed E-state index contributed by atoms with van der Waals surface area (Å²) in [5, 5.41) is 4.19. The second-order valence-electron chi connectivity index (χ2n) is 4.61. The van der Waals surface area contributed by atoms with Gasteiger partial charge in [-0.3, -0.25) is 0 Å². The van der Waals surface area contributed by atoms with E-state index in [9.17, 15) is 9.59 Å². The summed E-state index contributed by atoms with van der Waals surface area (Å²) in [5.74, 6) is -0.514. The van der Waals surface area contributed by atoms with E-state index >= 15 is 0 Å². The van der Waals surface area contributed by atoms with E-state index in [1.165, 1.54) is 11.8 Å². The van der Waals surface area contributed by atoms with Gasteiger partial charge in [0.05, 0.1) is 25.0 Å². The highest BCUT2D eigenvalue weighted by Gasteiger charge is 2.20. The predicted molar refractivity (Wildman–Crippen MR) is 78.1 cm³/mol. The van der Waals surface area contributed by atoms with Gasteiger partial charge in [-0.05, 0) is 38.5 Å². The fraction of sp³-hybridized carbons (Fsp3) is 0.333. The molecule has 0 unspecified atom stereocenters. The molecule has 0 aliphatic heterocycles. The zero-order chi connectivity index (χ0) is 16.3. The first-order chi connectivity index (χ1) is 10.5. The Bertz CT molecular complexity index is 722. The lowest BCUT2D eigenvalue weighted by molar-refractivity contribution is 0.0508. The summed E-state index contributed by atoms with van der Waals surface area (Å²) in [6, 6.07) is 5.12. The van der Waals surface area contributed by atoms with Crippen molar-refractivity contribution in [3.05, 3.63) is 41.0 Å². The summed E-state index contributed by atoms with van der Waals surface area (Å²) in [5.41, 5.74) is 1.71. The van der Waals surface area contributed by atoms with Crippen LogP contribution in [-0.4, -0.2) is 40.4 Å². The minimum atomic E-state index is -0.566. The largest absolute Gasteiger partial charge is 0.465 e. The molecule has 0 atom stereocenters. The summed E-state index contributed by atoms with van der Waals surface area (Å²) in [7, 11) is 1.32. The third-order valence-corrected chi connectivity index (χ3v) is 3.04. The van der Waals surface area contributed by atoms with Gasteiger partial charge in [0.25, 0.3) is 0 Å². The van der Waals surface area contributed by atoms with E-state index in [2.05, 4.69) is 10.1 Å². The van der Waals surface area contributed by atoms with E-state index in [-0.39, 0.29) is 12.4 Å². The second kappa shape index (κ2) is 6.38. The van der Waals surface area contributed by atoms with Gasteiger partial charge in [-0.15, -0.1) is 0 Å². The molecule has 116 valence electrons. The van der Waals surface area contributed by atoms with Gasteiger partial charge >= 0.3 is 11.9 Å². The van der Waals surface area contributed by atoms with Crippen molar-refractivity contribution in [2.45, 2.75) is 20.8 Å². The number of rotatable bonds is 4. The van der Waals surface area contributed by atoms with Crippen LogP contribution in [0.15, 0.2) is 18.2 Å². The number of ether oxygens (including phenoxy) is 2. The van der Waals surface area contributed by atoms with E-state index in [0.717, 1.165) is 5.56 Å². The van der Waals surface area contributed by atoms with E-state index in [1.54, 1.807) is 39.0 Å². The molecule has 0 aliphatic carbocycles. The first-order valence-electron chi connectivity index (χ1n) is 6.78. The Morgan fingerprint density at radius 1 is 1.23 bits per heavy atom. The fourth-order valence-electron chi connectivity index (χ4n) is 1.99. The molecular weight excluding hydrogens is 286 g/mol. The lowest BCUT2D eigenvalue weighted by atomic mass is 10.1. The third-order valence-electron chi connectivity index (χ3n) is 3.04. The highest BCUT2D eigenvalue weighted by Crippen LogP contribution is 2.17. The molecule has 0 spiro atoms. The SMILES string of the molecule is CCOC(=O)c1nc(C)nn1-c1ccc(C)c(C(=O)OC)c1. The molecule has 0 saturated carbocycles. The monoisotopic (exact) mass is 303 g/mol. The number of nitrogens with zero attached hydrogens (tertiary/aromatic N) is 3. The van der Waals surface area contributed by atoms with Crippen LogP contribution < -0.4 is 0 Å². The lowest BCUT2D eigenvalue weighted by Crippen LogP contribution is -2.14. The number of aryl methyl sites for hydroxylation is 2. The van der Waals surface area contributed by atoms with E-state index in [0.29, 0.717) is 17.1 Å².